The van der Waals surface area contributed by atoms with Gasteiger partial charge in [0.1, 0.15) is 18.5 Å². The lowest BCUT2D eigenvalue weighted by Gasteiger charge is -2.19. The first kappa shape index (κ1) is 18.9. The van der Waals surface area contributed by atoms with Crippen molar-refractivity contribution in [1.82, 2.24) is 10.6 Å². The summed E-state index contributed by atoms with van der Waals surface area (Å²) in [5.74, 6) is -2.31. The van der Waals surface area contributed by atoms with Gasteiger partial charge in [-0.15, -0.1) is 11.3 Å². The molecule has 1 aromatic carbocycles. The molecule has 8 heteroatoms. The Labute approximate surface area is 148 Å². The summed E-state index contributed by atoms with van der Waals surface area (Å²) in [7, 11) is 0. The van der Waals surface area contributed by atoms with Gasteiger partial charge in [0.25, 0.3) is 5.91 Å². The third-order valence-electron chi connectivity index (χ3n) is 3.26. The zero-order valence-corrected chi connectivity index (χ0v) is 14.5. The van der Waals surface area contributed by atoms with E-state index >= 15 is 0 Å². The van der Waals surface area contributed by atoms with Crippen molar-refractivity contribution in [3.05, 3.63) is 52.2 Å². The van der Waals surface area contributed by atoms with Gasteiger partial charge in [-0.05, 0) is 37.4 Å². The predicted octanol–water partition coefficient (Wildman–Crippen LogP) is 2.73. The molecule has 0 bridgehead atoms. The van der Waals surface area contributed by atoms with Crippen LogP contribution in [0.15, 0.2) is 35.7 Å². The third kappa shape index (κ3) is 5.53. The zero-order chi connectivity index (χ0) is 18.4. The van der Waals surface area contributed by atoms with Crippen molar-refractivity contribution in [2.45, 2.75) is 25.9 Å². The molecule has 0 spiro atoms. The molecule has 2 N–H and O–H groups in total. The molecule has 0 saturated carbocycles. The molecular weight excluding hydrogens is 350 g/mol. The van der Waals surface area contributed by atoms with E-state index in [-0.39, 0.29) is 24.2 Å². The minimum absolute atomic E-state index is 0.000116. The van der Waals surface area contributed by atoms with Gasteiger partial charge >= 0.3 is 0 Å². The van der Waals surface area contributed by atoms with Gasteiger partial charge in [-0.1, -0.05) is 6.07 Å². The summed E-state index contributed by atoms with van der Waals surface area (Å²) >= 11 is 1.28. The molecule has 0 aliphatic carbocycles. The third-order valence-corrected chi connectivity index (χ3v) is 4.13. The monoisotopic (exact) mass is 368 g/mol. The van der Waals surface area contributed by atoms with Crippen LogP contribution < -0.4 is 15.4 Å². The molecule has 134 valence electrons. The number of thiophene rings is 1. The SMILES string of the molecule is C[C@H](COc1ccc(F)cc1F)NC(=O)[C@H](C)NC(=O)c1cccs1. The second kappa shape index (κ2) is 8.57. The van der Waals surface area contributed by atoms with Gasteiger partial charge in [-0.3, -0.25) is 9.59 Å². The first-order valence-electron chi connectivity index (χ1n) is 7.59. The van der Waals surface area contributed by atoms with Crippen LogP contribution >= 0.6 is 11.3 Å². The van der Waals surface area contributed by atoms with E-state index in [1.165, 1.54) is 17.4 Å². The number of benzene rings is 1. The normalized spacial score (nSPS) is 13.0. The standard InChI is InChI=1S/C17H18F2N2O3S/c1-10(9-24-14-6-5-12(18)8-13(14)19)20-16(22)11(2)21-17(23)15-4-3-7-25-15/h3-8,10-11H,9H2,1-2H3,(H,20,22)(H,21,23)/t10-,11+/m1/s1. The average molecular weight is 368 g/mol. The summed E-state index contributed by atoms with van der Waals surface area (Å²) in [6.07, 6.45) is 0. The van der Waals surface area contributed by atoms with E-state index < -0.39 is 23.7 Å². The maximum Gasteiger partial charge on any atom is 0.261 e. The summed E-state index contributed by atoms with van der Waals surface area (Å²) in [5.41, 5.74) is 0. The van der Waals surface area contributed by atoms with Gasteiger partial charge in [0.15, 0.2) is 11.6 Å². The highest BCUT2D eigenvalue weighted by Crippen LogP contribution is 2.17. The van der Waals surface area contributed by atoms with Crippen LogP contribution in [0.3, 0.4) is 0 Å². The van der Waals surface area contributed by atoms with Gasteiger partial charge in [-0.25, -0.2) is 8.78 Å². The summed E-state index contributed by atoms with van der Waals surface area (Å²) in [6, 6.07) is 5.24. The van der Waals surface area contributed by atoms with Gasteiger partial charge in [-0.2, -0.15) is 0 Å². The van der Waals surface area contributed by atoms with E-state index in [9.17, 15) is 18.4 Å². The van der Waals surface area contributed by atoms with E-state index in [0.717, 1.165) is 12.1 Å². The van der Waals surface area contributed by atoms with Crippen molar-refractivity contribution in [3.8, 4) is 5.75 Å². The number of ether oxygens (including phenoxy) is 1. The van der Waals surface area contributed by atoms with E-state index in [4.69, 9.17) is 4.74 Å². The van der Waals surface area contributed by atoms with Gasteiger partial charge < -0.3 is 15.4 Å². The molecule has 0 fully saturated rings. The molecule has 1 heterocycles. The Morgan fingerprint density at radius 3 is 2.60 bits per heavy atom. The van der Waals surface area contributed by atoms with Crippen molar-refractivity contribution in [2.24, 2.45) is 0 Å². The Hall–Kier alpha value is -2.48. The number of carbonyl (C=O) groups excluding carboxylic acids is 2. The first-order chi connectivity index (χ1) is 11.9. The average Bonchev–Trinajstić information content (AvgIpc) is 3.08. The minimum Gasteiger partial charge on any atom is -0.488 e. The van der Waals surface area contributed by atoms with Crippen LogP contribution in [0.5, 0.6) is 5.75 Å². The molecular formula is C17H18F2N2O3S. The van der Waals surface area contributed by atoms with Crippen LogP contribution in [-0.4, -0.2) is 30.5 Å². The quantitative estimate of drug-likeness (QED) is 0.790. The molecule has 0 aliphatic heterocycles. The molecule has 0 unspecified atom stereocenters. The molecule has 2 atom stereocenters. The number of halogens is 2. The highest BCUT2D eigenvalue weighted by molar-refractivity contribution is 7.12. The van der Waals surface area contributed by atoms with Crippen molar-refractivity contribution >= 4 is 23.2 Å². The number of hydrogen-bond acceptors (Lipinski definition) is 4. The highest BCUT2D eigenvalue weighted by atomic mass is 32.1. The van der Waals surface area contributed by atoms with Crippen molar-refractivity contribution in [3.63, 3.8) is 0 Å². The Balaban J connectivity index is 1.79. The fourth-order valence-corrected chi connectivity index (χ4v) is 2.58. The Kier molecular flexibility index (Phi) is 6.46. The molecule has 5 nitrogen and oxygen atoms in total. The molecule has 0 aliphatic rings. The fourth-order valence-electron chi connectivity index (χ4n) is 1.96. The number of hydrogen-bond donors (Lipinski definition) is 2. The fraction of sp³-hybridized carbons (Fsp3) is 0.294. The second-order valence-electron chi connectivity index (χ2n) is 5.47. The maximum atomic E-state index is 13.5. The molecule has 2 rings (SSSR count). The summed E-state index contributed by atoms with van der Waals surface area (Å²) in [5, 5.41) is 7.02. The lowest BCUT2D eigenvalue weighted by Crippen LogP contribution is -2.48. The van der Waals surface area contributed by atoms with Crippen LogP contribution in [0, 0.1) is 11.6 Å². The number of amides is 2. The Bertz CT molecular complexity index is 737. The van der Waals surface area contributed by atoms with E-state index in [2.05, 4.69) is 10.6 Å². The largest absolute Gasteiger partial charge is 0.488 e. The number of rotatable bonds is 7. The molecule has 1 aromatic heterocycles. The molecule has 2 aromatic rings. The highest BCUT2D eigenvalue weighted by Gasteiger charge is 2.19. The first-order valence-corrected chi connectivity index (χ1v) is 8.47. The van der Waals surface area contributed by atoms with Crippen LogP contribution in [-0.2, 0) is 4.79 Å². The zero-order valence-electron chi connectivity index (χ0n) is 13.7. The maximum absolute atomic E-state index is 13.5. The van der Waals surface area contributed by atoms with Gasteiger partial charge in [0, 0.05) is 6.07 Å². The second-order valence-corrected chi connectivity index (χ2v) is 6.42. The molecule has 2 amide bonds. The number of nitrogens with one attached hydrogen (secondary N) is 2. The lowest BCUT2D eigenvalue weighted by atomic mass is 10.2. The van der Waals surface area contributed by atoms with Crippen molar-refractivity contribution in [1.29, 1.82) is 0 Å². The summed E-state index contributed by atoms with van der Waals surface area (Å²) in [6.45, 7) is 3.24. The number of carbonyl (C=O) groups is 2. The van der Waals surface area contributed by atoms with E-state index in [0.29, 0.717) is 4.88 Å². The molecule has 0 radical (unpaired) electrons. The van der Waals surface area contributed by atoms with Crippen LogP contribution in [0.4, 0.5) is 8.78 Å². The minimum atomic E-state index is -0.810. The molecule has 25 heavy (non-hydrogen) atoms. The Morgan fingerprint density at radius 2 is 1.96 bits per heavy atom. The molecule has 0 saturated heterocycles. The van der Waals surface area contributed by atoms with Crippen molar-refractivity contribution in [2.75, 3.05) is 6.61 Å². The van der Waals surface area contributed by atoms with Gasteiger partial charge in [0.2, 0.25) is 5.91 Å². The van der Waals surface area contributed by atoms with Crippen LogP contribution in [0.25, 0.3) is 0 Å². The smallest absolute Gasteiger partial charge is 0.261 e. The van der Waals surface area contributed by atoms with E-state index in [1.807, 2.05) is 0 Å². The Morgan fingerprint density at radius 1 is 1.20 bits per heavy atom. The predicted molar refractivity (Wildman–Crippen MR) is 90.7 cm³/mol. The summed E-state index contributed by atoms with van der Waals surface area (Å²) < 4.78 is 31.5. The van der Waals surface area contributed by atoms with Crippen LogP contribution in [0.2, 0.25) is 0 Å². The topological polar surface area (TPSA) is 67.4 Å². The van der Waals surface area contributed by atoms with Crippen molar-refractivity contribution < 1.29 is 23.1 Å². The summed E-state index contributed by atoms with van der Waals surface area (Å²) in [4.78, 5) is 24.5. The van der Waals surface area contributed by atoms with Crippen LogP contribution in [0.1, 0.15) is 23.5 Å². The lowest BCUT2D eigenvalue weighted by molar-refractivity contribution is -0.123. The van der Waals surface area contributed by atoms with Gasteiger partial charge in [0.05, 0.1) is 10.9 Å². The van der Waals surface area contributed by atoms with E-state index in [1.54, 1.807) is 31.4 Å².